The monoisotopic (exact) mass is 185 g/mol. The second kappa shape index (κ2) is 3.82. The SMILES string of the molecule is NC(=O)Nc1cccc(NCl)c1. The fourth-order valence-corrected chi connectivity index (χ4v) is 0.916. The van der Waals surface area contributed by atoms with Crippen molar-refractivity contribution >= 4 is 29.2 Å². The Balaban J connectivity index is 2.79. The Morgan fingerprint density at radius 2 is 2.08 bits per heavy atom. The van der Waals surface area contributed by atoms with Gasteiger partial charge >= 0.3 is 6.03 Å². The first-order valence-electron chi connectivity index (χ1n) is 3.25. The Bertz CT molecular complexity index is 290. The summed E-state index contributed by atoms with van der Waals surface area (Å²) in [6.07, 6.45) is 0. The molecule has 0 aromatic heterocycles. The number of rotatable bonds is 2. The van der Waals surface area contributed by atoms with Crippen molar-refractivity contribution in [2.75, 3.05) is 10.2 Å². The van der Waals surface area contributed by atoms with E-state index >= 15 is 0 Å². The first-order chi connectivity index (χ1) is 5.72. The van der Waals surface area contributed by atoms with Crippen LogP contribution < -0.4 is 15.9 Å². The second-order valence-corrected chi connectivity index (χ2v) is 2.35. The highest BCUT2D eigenvalue weighted by molar-refractivity contribution is 6.24. The molecule has 0 radical (unpaired) electrons. The molecule has 0 atom stereocenters. The topological polar surface area (TPSA) is 67.2 Å². The van der Waals surface area contributed by atoms with Crippen molar-refractivity contribution in [1.82, 2.24) is 0 Å². The Labute approximate surface area is 74.8 Å². The lowest BCUT2D eigenvalue weighted by molar-refractivity contribution is 0.259. The lowest BCUT2D eigenvalue weighted by Gasteiger charge is -2.02. The minimum atomic E-state index is -0.596. The maximum absolute atomic E-state index is 10.4. The van der Waals surface area contributed by atoms with Crippen molar-refractivity contribution in [3.63, 3.8) is 0 Å². The molecule has 0 spiro atoms. The van der Waals surface area contributed by atoms with Crippen LogP contribution in [0.1, 0.15) is 0 Å². The van der Waals surface area contributed by atoms with Gasteiger partial charge in [-0.15, -0.1) is 0 Å². The third kappa shape index (κ3) is 2.32. The van der Waals surface area contributed by atoms with Crippen molar-refractivity contribution in [1.29, 1.82) is 0 Å². The molecule has 0 fully saturated rings. The Morgan fingerprint density at radius 3 is 2.67 bits per heavy atom. The van der Waals surface area contributed by atoms with E-state index in [4.69, 9.17) is 17.5 Å². The largest absolute Gasteiger partial charge is 0.351 e. The number of carbonyl (C=O) groups excluding carboxylic acids is 1. The number of amides is 2. The first kappa shape index (κ1) is 8.67. The minimum Gasteiger partial charge on any atom is -0.351 e. The smallest absolute Gasteiger partial charge is 0.316 e. The van der Waals surface area contributed by atoms with E-state index in [9.17, 15) is 4.79 Å². The summed E-state index contributed by atoms with van der Waals surface area (Å²) >= 11 is 5.34. The maximum Gasteiger partial charge on any atom is 0.316 e. The highest BCUT2D eigenvalue weighted by Gasteiger charge is 1.95. The number of hydrogen-bond acceptors (Lipinski definition) is 2. The van der Waals surface area contributed by atoms with E-state index in [0.717, 1.165) is 0 Å². The van der Waals surface area contributed by atoms with Gasteiger partial charge in [0.2, 0.25) is 0 Å². The molecule has 4 nitrogen and oxygen atoms in total. The van der Waals surface area contributed by atoms with Crippen LogP contribution in [0.5, 0.6) is 0 Å². The van der Waals surface area contributed by atoms with E-state index in [1.165, 1.54) is 0 Å². The molecule has 0 aliphatic heterocycles. The summed E-state index contributed by atoms with van der Waals surface area (Å²) in [7, 11) is 0. The molecule has 0 heterocycles. The average Bonchev–Trinajstić information content (AvgIpc) is 2.03. The molecule has 0 bridgehead atoms. The molecular formula is C7H8ClN3O. The lowest BCUT2D eigenvalue weighted by atomic mass is 10.3. The van der Waals surface area contributed by atoms with Crippen LogP contribution in [0.15, 0.2) is 24.3 Å². The predicted molar refractivity (Wildman–Crippen MR) is 49.1 cm³/mol. The van der Waals surface area contributed by atoms with Crippen LogP contribution in [0.2, 0.25) is 0 Å². The predicted octanol–water partition coefficient (Wildman–Crippen LogP) is 1.74. The van der Waals surface area contributed by atoms with Gasteiger partial charge in [-0.05, 0) is 18.2 Å². The maximum atomic E-state index is 10.4. The van der Waals surface area contributed by atoms with E-state index in [1.54, 1.807) is 24.3 Å². The number of benzene rings is 1. The van der Waals surface area contributed by atoms with E-state index in [0.29, 0.717) is 11.4 Å². The third-order valence-electron chi connectivity index (χ3n) is 1.24. The van der Waals surface area contributed by atoms with Gasteiger partial charge in [0, 0.05) is 17.5 Å². The molecule has 1 aromatic rings. The number of carbonyl (C=O) groups is 1. The molecule has 0 saturated carbocycles. The summed E-state index contributed by atoms with van der Waals surface area (Å²) in [6.45, 7) is 0. The van der Waals surface area contributed by atoms with Gasteiger partial charge in [-0.3, -0.25) is 4.84 Å². The van der Waals surface area contributed by atoms with E-state index < -0.39 is 6.03 Å². The van der Waals surface area contributed by atoms with Gasteiger partial charge in [-0.1, -0.05) is 6.07 Å². The van der Waals surface area contributed by atoms with Gasteiger partial charge < -0.3 is 11.1 Å². The van der Waals surface area contributed by atoms with Gasteiger partial charge in [-0.2, -0.15) is 0 Å². The summed E-state index contributed by atoms with van der Waals surface area (Å²) in [5, 5.41) is 2.42. The van der Waals surface area contributed by atoms with Gasteiger partial charge in [-0.25, -0.2) is 4.79 Å². The number of urea groups is 1. The summed E-state index contributed by atoms with van der Waals surface area (Å²) < 4.78 is 0. The van der Waals surface area contributed by atoms with Crippen molar-refractivity contribution in [2.45, 2.75) is 0 Å². The molecule has 2 amide bonds. The number of primary amides is 1. The second-order valence-electron chi connectivity index (χ2n) is 2.16. The normalized spacial score (nSPS) is 9.08. The van der Waals surface area contributed by atoms with Crippen molar-refractivity contribution < 1.29 is 4.79 Å². The van der Waals surface area contributed by atoms with Crippen LogP contribution in [0.4, 0.5) is 16.2 Å². The Kier molecular flexibility index (Phi) is 2.76. The molecule has 1 aromatic carbocycles. The molecule has 64 valence electrons. The molecular weight excluding hydrogens is 178 g/mol. The molecule has 1 rings (SSSR count). The molecule has 0 unspecified atom stereocenters. The van der Waals surface area contributed by atoms with E-state index in [1.807, 2.05) is 0 Å². The highest BCUT2D eigenvalue weighted by Crippen LogP contribution is 2.14. The minimum absolute atomic E-state index is 0.596. The molecule has 0 aliphatic rings. The number of nitrogens with one attached hydrogen (secondary N) is 2. The molecule has 0 aliphatic carbocycles. The van der Waals surface area contributed by atoms with Crippen LogP contribution in [0.25, 0.3) is 0 Å². The van der Waals surface area contributed by atoms with Crippen LogP contribution in [-0.4, -0.2) is 6.03 Å². The number of halogens is 1. The quantitative estimate of drug-likeness (QED) is 0.615. The molecule has 0 saturated heterocycles. The Morgan fingerprint density at radius 1 is 1.42 bits per heavy atom. The molecule has 12 heavy (non-hydrogen) atoms. The van der Waals surface area contributed by atoms with Gasteiger partial charge in [0.25, 0.3) is 0 Å². The highest BCUT2D eigenvalue weighted by atomic mass is 35.5. The van der Waals surface area contributed by atoms with E-state index in [-0.39, 0.29) is 0 Å². The van der Waals surface area contributed by atoms with Crippen LogP contribution in [0, 0.1) is 0 Å². The zero-order chi connectivity index (χ0) is 8.97. The number of anilines is 2. The third-order valence-corrected chi connectivity index (χ3v) is 1.46. The van der Waals surface area contributed by atoms with Crippen LogP contribution >= 0.6 is 11.8 Å². The fraction of sp³-hybridized carbons (Fsp3) is 0. The lowest BCUT2D eigenvalue weighted by Crippen LogP contribution is -2.19. The van der Waals surface area contributed by atoms with Gasteiger partial charge in [0.1, 0.15) is 0 Å². The van der Waals surface area contributed by atoms with Gasteiger partial charge in [0.05, 0.1) is 5.69 Å². The van der Waals surface area contributed by atoms with Crippen LogP contribution in [0.3, 0.4) is 0 Å². The summed E-state index contributed by atoms with van der Waals surface area (Å²) in [6, 6.07) is 6.29. The first-order valence-corrected chi connectivity index (χ1v) is 3.63. The Hall–Kier alpha value is -1.42. The summed E-state index contributed by atoms with van der Waals surface area (Å²) in [5.41, 5.74) is 6.21. The number of hydrogen-bond donors (Lipinski definition) is 3. The summed E-state index contributed by atoms with van der Waals surface area (Å²) in [4.78, 5) is 12.8. The summed E-state index contributed by atoms with van der Waals surface area (Å²) in [5.74, 6) is 0. The van der Waals surface area contributed by atoms with E-state index in [2.05, 4.69) is 10.2 Å². The van der Waals surface area contributed by atoms with Gasteiger partial charge in [0.15, 0.2) is 0 Å². The van der Waals surface area contributed by atoms with Crippen LogP contribution in [-0.2, 0) is 0 Å². The zero-order valence-electron chi connectivity index (χ0n) is 6.17. The molecule has 4 N–H and O–H groups in total. The standard InChI is InChI=1S/C7H8ClN3O/c8-11-6-3-1-2-5(4-6)10-7(9)12/h1-4,11H,(H3,9,10,12). The van der Waals surface area contributed by atoms with Crippen molar-refractivity contribution in [3.8, 4) is 0 Å². The number of nitrogens with two attached hydrogens (primary N) is 1. The van der Waals surface area contributed by atoms with Crippen molar-refractivity contribution in [2.24, 2.45) is 5.73 Å². The average molecular weight is 186 g/mol. The van der Waals surface area contributed by atoms with Crippen molar-refractivity contribution in [3.05, 3.63) is 24.3 Å². The fourth-order valence-electron chi connectivity index (χ4n) is 0.798. The molecule has 5 heteroatoms. The zero-order valence-corrected chi connectivity index (χ0v) is 6.93.